The van der Waals surface area contributed by atoms with Gasteiger partial charge in [0.1, 0.15) is 0 Å². The molecule has 1 aliphatic heterocycles. The molecule has 2 fully saturated rings. The van der Waals surface area contributed by atoms with E-state index in [1.807, 2.05) is 0 Å². The molecule has 1 spiro atoms. The van der Waals surface area contributed by atoms with E-state index in [0.29, 0.717) is 12.5 Å². The van der Waals surface area contributed by atoms with E-state index >= 15 is 0 Å². The van der Waals surface area contributed by atoms with Gasteiger partial charge in [0.25, 0.3) is 0 Å². The summed E-state index contributed by atoms with van der Waals surface area (Å²) in [5.41, 5.74) is -0.0777. The molecule has 1 aliphatic carbocycles. The van der Waals surface area contributed by atoms with Crippen LogP contribution in [-0.4, -0.2) is 24.2 Å². The molecule has 1 amide bonds. The van der Waals surface area contributed by atoms with Crippen molar-refractivity contribution < 1.29 is 9.90 Å². The van der Waals surface area contributed by atoms with Crippen molar-refractivity contribution in [3.63, 3.8) is 0 Å². The lowest BCUT2D eigenvalue weighted by Crippen LogP contribution is -2.53. The van der Waals surface area contributed by atoms with Crippen LogP contribution in [0.3, 0.4) is 0 Å². The van der Waals surface area contributed by atoms with Crippen LogP contribution in [0.25, 0.3) is 0 Å². The first-order chi connectivity index (χ1) is 5.77. The van der Waals surface area contributed by atoms with Gasteiger partial charge in [-0.05, 0) is 19.3 Å². The average molecular weight is 169 g/mol. The lowest BCUT2D eigenvalue weighted by Gasteiger charge is -2.45. The van der Waals surface area contributed by atoms with Gasteiger partial charge in [-0.15, -0.1) is 0 Å². The number of amides is 1. The summed E-state index contributed by atoms with van der Waals surface area (Å²) in [6.45, 7) is 0.874. The SMILES string of the molecule is O=C1NCC(CO)CC12CCC2. The summed E-state index contributed by atoms with van der Waals surface area (Å²) < 4.78 is 0. The Kier molecular flexibility index (Phi) is 1.83. The Hall–Kier alpha value is -0.570. The van der Waals surface area contributed by atoms with Gasteiger partial charge in [0.05, 0.1) is 0 Å². The third-order valence-electron chi connectivity index (χ3n) is 3.28. The molecule has 2 N–H and O–H groups in total. The number of rotatable bonds is 1. The zero-order valence-electron chi connectivity index (χ0n) is 7.18. The van der Waals surface area contributed by atoms with Gasteiger partial charge >= 0.3 is 0 Å². The number of aliphatic hydroxyl groups is 1. The minimum Gasteiger partial charge on any atom is -0.396 e. The normalized spacial score (nSPS) is 32.8. The van der Waals surface area contributed by atoms with E-state index in [1.54, 1.807) is 0 Å². The summed E-state index contributed by atoms with van der Waals surface area (Å²) in [6, 6.07) is 0. The fourth-order valence-electron chi connectivity index (χ4n) is 2.31. The van der Waals surface area contributed by atoms with Crippen molar-refractivity contribution in [3.05, 3.63) is 0 Å². The predicted molar refractivity (Wildman–Crippen MR) is 44.5 cm³/mol. The molecule has 1 heterocycles. The van der Waals surface area contributed by atoms with Crippen LogP contribution in [0.1, 0.15) is 25.7 Å². The Bertz CT molecular complexity index is 199. The highest BCUT2D eigenvalue weighted by molar-refractivity contribution is 5.84. The molecule has 1 saturated carbocycles. The van der Waals surface area contributed by atoms with Gasteiger partial charge in [-0.2, -0.15) is 0 Å². The van der Waals surface area contributed by atoms with Gasteiger partial charge in [0, 0.05) is 24.5 Å². The Balaban J connectivity index is 2.05. The number of carbonyl (C=O) groups is 1. The quantitative estimate of drug-likeness (QED) is 0.592. The molecule has 3 heteroatoms. The van der Waals surface area contributed by atoms with Gasteiger partial charge in [0.15, 0.2) is 0 Å². The number of aliphatic hydroxyl groups excluding tert-OH is 1. The van der Waals surface area contributed by atoms with Gasteiger partial charge in [-0.1, -0.05) is 6.42 Å². The minimum atomic E-state index is -0.0777. The Labute approximate surface area is 72.2 Å². The van der Waals surface area contributed by atoms with E-state index in [0.717, 1.165) is 19.3 Å². The van der Waals surface area contributed by atoms with Gasteiger partial charge in [-0.25, -0.2) is 0 Å². The highest BCUT2D eigenvalue weighted by Crippen LogP contribution is 2.47. The van der Waals surface area contributed by atoms with Crippen LogP contribution in [0.15, 0.2) is 0 Å². The molecule has 0 aromatic rings. The van der Waals surface area contributed by atoms with Crippen LogP contribution >= 0.6 is 0 Å². The van der Waals surface area contributed by atoms with Crippen LogP contribution in [0.2, 0.25) is 0 Å². The van der Waals surface area contributed by atoms with Crippen molar-refractivity contribution in [1.29, 1.82) is 0 Å². The topological polar surface area (TPSA) is 49.3 Å². The van der Waals surface area contributed by atoms with Crippen LogP contribution in [0.5, 0.6) is 0 Å². The number of piperidine rings is 1. The summed E-state index contributed by atoms with van der Waals surface area (Å²) >= 11 is 0. The second-order valence-electron chi connectivity index (χ2n) is 4.10. The maximum absolute atomic E-state index is 11.5. The summed E-state index contributed by atoms with van der Waals surface area (Å²) in [5.74, 6) is 0.515. The summed E-state index contributed by atoms with van der Waals surface area (Å²) in [5, 5.41) is 11.9. The lowest BCUT2D eigenvalue weighted by molar-refractivity contribution is -0.141. The zero-order chi connectivity index (χ0) is 8.60. The molecule has 3 nitrogen and oxygen atoms in total. The summed E-state index contributed by atoms with van der Waals surface area (Å²) in [4.78, 5) is 11.5. The summed E-state index contributed by atoms with van der Waals surface area (Å²) in [7, 11) is 0. The van der Waals surface area contributed by atoms with Crippen molar-refractivity contribution in [1.82, 2.24) is 5.32 Å². The minimum absolute atomic E-state index is 0.0777. The van der Waals surface area contributed by atoms with Gasteiger partial charge in [0.2, 0.25) is 5.91 Å². The van der Waals surface area contributed by atoms with Crippen LogP contribution in [0, 0.1) is 11.3 Å². The van der Waals surface area contributed by atoms with E-state index in [4.69, 9.17) is 5.11 Å². The van der Waals surface area contributed by atoms with Crippen LogP contribution in [-0.2, 0) is 4.79 Å². The van der Waals surface area contributed by atoms with Crippen molar-refractivity contribution in [2.75, 3.05) is 13.2 Å². The molecule has 1 unspecified atom stereocenters. The van der Waals surface area contributed by atoms with Crippen molar-refractivity contribution in [2.24, 2.45) is 11.3 Å². The van der Waals surface area contributed by atoms with Crippen molar-refractivity contribution >= 4 is 5.91 Å². The second kappa shape index (κ2) is 2.73. The number of nitrogens with one attached hydrogen (secondary N) is 1. The largest absolute Gasteiger partial charge is 0.396 e. The molecule has 2 aliphatic rings. The first-order valence-corrected chi connectivity index (χ1v) is 4.66. The molecule has 68 valence electrons. The number of hydrogen-bond donors (Lipinski definition) is 2. The van der Waals surface area contributed by atoms with E-state index in [2.05, 4.69) is 5.32 Å². The first kappa shape index (κ1) is 8.05. The molecular weight excluding hydrogens is 154 g/mol. The molecule has 1 saturated heterocycles. The van der Waals surface area contributed by atoms with Crippen molar-refractivity contribution in [2.45, 2.75) is 25.7 Å². The van der Waals surface area contributed by atoms with Gasteiger partial charge in [-0.3, -0.25) is 4.79 Å². The Morgan fingerprint density at radius 2 is 2.33 bits per heavy atom. The lowest BCUT2D eigenvalue weighted by atomic mass is 9.62. The Morgan fingerprint density at radius 3 is 2.83 bits per heavy atom. The molecule has 12 heavy (non-hydrogen) atoms. The molecular formula is C9H15NO2. The fourth-order valence-corrected chi connectivity index (χ4v) is 2.31. The fraction of sp³-hybridized carbons (Fsp3) is 0.889. The highest BCUT2D eigenvalue weighted by atomic mass is 16.3. The zero-order valence-corrected chi connectivity index (χ0v) is 7.18. The predicted octanol–water partition coefficient (Wildman–Crippen LogP) is 0.285. The molecule has 0 aromatic heterocycles. The highest BCUT2D eigenvalue weighted by Gasteiger charge is 2.47. The van der Waals surface area contributed by atoms with Crippen LogP contribution < -0.4 is 5.32 Å². The van der Waals surface area contributed by atoms with E-state index in [-0.39, 0.29) is 17.9 Å². The second-order valence-corrected chi connectivity index (χ2v) is 4.10. The standard InChI is InChI=1S/C9H15NO2/c11-6-7-4-9(2-1-3-9)8(12)10-5-7/h7,11H,1-6H2,(H,10,12). The molecule has 2 rings (SSSR count). The van der Waals surface area contributed by atoms with E-state index in [9.17, 15) is 4.79 Å². The smallest absolute Gasteiger partial charge is 0.226 e. The molecule has 1 atom stereocenters. The Morgan fingerprint density at radius 1 is 1.58 bits per heavy atom. The molecule has 0 aromatic carbocycles. The first-order valence-electron chi connectivity index (χ1n) is 4.66. The number of hydrogen-bond acceptors (Lipinski definition) is 2. The third kappa shape index (κ3) is 1.04. The van der Waals surface area contributed by atoms with E-state index in [1.165, 1.54) is 6.42 Å². The molecule has 0 radical (unpaired) electrons. The maximum Gasteiger partial charge on any atom is 0.226 e. The third-order valence-corrected chi connectivity index (χ3v) is 3.28. The average Bonchev–Trinajstić information content (AvgIpc) is 2.03. The number of carbonyl (C=O) groups excluding carboxylic acids is 1. The van der Waals surface area contributed by atoms with Crippen molar-refractivity contribution in [3.8, 4) is 0 Å². The molecule has 0 bridgehead atoms. The maximum atomic E-state index is 11.5. The monoisotopic (exact) mass is 169 g/mol. The summed E-state index contributed by atoms with van der Waals surface area (Å²) in [6.07, 6.45) is 4.12. The van der Waals surface area contributed by atoms with E-state index < -0.39 is 0 Å². The van der Waals surface area contributed by atoms with Crippen LogP contribution in [0.4, 0.5) is 0 Å². The van der Waals surface area contributed by atoms with Gasteiger partial charge < -0.3 is 10.4 Å².